The molecule has 0 amide bonds. The number of hydrogen-bond acceptors (Lipinski definition) is 0. The lowest BCUT2D eigenvalue weighted by Crippen LogP contribution is -2.31. The van der Waals surface area contributed by atoms with Crippen molar-refractivity contribution in [1.29, 1.82) is 0 Å². The second-order valence-corrected chi connectivity index (χ2v) is 4.16. The third-order valence-electron chi connectivity index (χ3n) is 3.49. The Bertz CT molecular complexity index is 147. The minimum absolute atomic E-state index is 0. The monoisotopic (exact) mass is 186 g/mol. The van der Waals surface area contributed by atoms with Crippen LogP contribution in [0.3, 0.4) is 0 Å². The van der Waals surface area contributed by atoms with Crippen molar-refractivity contribution in [3.63, 3.8) is 0 Å². The van der Waals surface area contributed by atoms with Crippen LogP contribution >= 0.6 is 0 Å². The minimum atomic E-state index is -0.450. The molecule has 0 aromatic rings. The SMILES string of the molecule is C=C.F[C@H]1CCCC2CCCCC21.[HH]. The second kappa shape index (κ2) is 5.41. The van der Waals surface area contributed by atoms with Crippen molar-refractivity contribution in [3.05, 3.63) is 13.2 Å². The van der Waals surface area contributed by atoms with E-state index >= 15 is 0 Å². The Morgan fingerprint density at radius 3 is 2.23 bits per heavy atom. The molecule has 2 aliphatic carbocycles. The Hall–Kier alpha value is -0.330. The molecule has 0 aromatic carbocycles. The Labute approximate surface area is 82.7 Å². The highest BCUT2D eigenvalue weighted by Crippen LogP contribution is 2.41. The zero-order valence-electron chi connectivity index (χ0n) is 8.47. The largest absolute Gasteiger partial charge is 0.247 e. The maximum Gasteiger partial charge on any atom is 0.103 e. The smallest absolute Gasteiger partial charge is 0.103 e. The van der Waals surface area contributed by atoms with Crippen molar-refractivity contribution in [1.82, 2.24) is 0 Å². The predicted molar refractivity (Wildman–Crippen MR) is 57.6 cm³/mol. The fourth-order valence-electron chi connectivity index (χ4n) is 2.86. The van der Waals surface area contributed by atoms with Gasteiger partial charge < -0.3 is 0 Å². The summed E-state index contributed by atoms with van der Waals surface area (Å²) in [6.07, 6.45) is 7.97. The zero-order chi connectivity index (χ0) is 9.68. The van der Waals surface area contributed by atoms with Gasteiger partial charge >= 0.3 is 0 Å². The van der Waals surface area contributed by atoms with E-state index in [0.717, 1.165) is 18.8 Å². The van der Waals surface area contributed by atoms with Crippen molar-refractivity contribution in [3.8, 4) is 0 Å². The van der Waals surface area contributed by atoms with Gasteiger partial charge in [0.2, 0.25) is 0 Å². The van der Waals surface area contributed by atoms with Gasteiger partial charge in [0.1, 0.15) is 6.17 Å². The molecular weight excluding hydrogens is 163 g/mol. The average molecular weight is 186 g/mol. The Kier molecular flexibility index (Phi) is 4.47. The molecule has 0 heterocycles. The van der Waals surface area contributed by atoms with Gasteiger partial charge in [-0.25, -0.2) is 4.39 Å². The van der Waals surface area contributed by atoms with Crippen LogP contribution in [0.4, 0.5) is 4.39 Å². The van der Waals surface area contributed by atoms with Gasteiger partial charge in [-0.1, -0.05) is 25.7 Å². The minimum Gasteiger partial charge on any atom is -0.247 e. The molecule has 3 atom stereocenters. The Morgan fingerprint density at radius 1 is 0.923 bits per heavy atom. The maximum absolute atomic E-state index is 13.3. The lowest BCUT2D eigenvalue weighted by Gasteiger charge is -2.37. The molecule has 0 radical (unpaired) electrons. The van der Waals surface area contributed by atoms with Gasteiger partial charge in [-0.15, -0.1) is 13.2 Å². The molecule has 0 nitrogen and oxygen atoms in total. The van der Waals surface area contributed by atoms with Crippen LogP contribution in [-0.4, -0.2) is 6.17 Å². The first kappa shape index (κ1) is 10.7. The first-order chi connectivity index (χ1) is 6.38. The van der Waals surface area contributed by atoms with Gasteiger partial charge in [0.25, 0.3) is 0 Å². The third-order valence-corrected chi connectivity index (χ3v) is 3.49. The van der Waals surface area contributed by atoms with E-state index in [1.807, 2.05) is 0 Å². The van der Waals surface area contributed by atoms with E-state index in [0.29, 0.717) is 5.92 Å². The fourth-order valence-corrected chi connectivity index (χ4v) is 2.86. The number of rotatable bonds is 0. The summed E-state index contributed by atoms with van der Waals surface area (Å²) in [6, 6.07) is 0. The third kappa shape index (κ3) is 2.55. The maximum atomic E-state index is 13.3. The van der Waals surface area contributed by atoms with Gasteiger partial charge in [0.05, 0.1) is 0 Å². The predicted octanol–water partition coefficient (Wildman–Crippen LogP) is 4.36. The van der Waals surface area contributed by atoms with Crippen molar-refractivity contribution in [2.45, 2.75) is 51.1 Å². The van der Waals surface area contributed by atoms with E-state index in [1.165, 1.54) is 32.1 Å². The molecule has 2 aliphatic rings. The van der Waals surface area contributed by atoms with Crippen LogP contribution in [0.25, 0.3) is 0 Å². The van der Waals surface area contributed by atoms with Gasteiger partial charge in [0.15, 0.2) is 0 Å². The molecule has 1 heteroatoms. The molecule has 0 saturated heterocycles. The van der Waals surface area contributed by atoms with E-state index in [4.69, 9.17) is 0 Å². The summed E-state index contributed by atoms with van der Waals surface area (Å²) in [5.41, 5.74) is 0. The molecular formula is C12H23F. The summed E-state index contributed by atoms with van der Waals surface area (Å²) in [5, 5.41) is 0. The molecule has 2 saturated carbocycles. The molecule has 0 aliphatic heterocycles. The van der Waals surface area contributed by atoms with E-state index in [2.05, 4.69) is 13.2 Å². The zero-order valence-corrected chi connectivity index (χ0v) is 8.47. The molecule has 0 N–H and O–H groups in total. The highest BCUT2D eigenvalue weighted by atomic mass is 19.1. The standard InChI is InChI=1S/C10H17F.C2H4.H2/c11-10-7-3-5-8-4-1-2-6-9(8)10;1-2;/h8-10H,1-7H2;1-2H2;1H/t8?,9?,10-;;/m0../s1. The lowest BCUT2D eigenvalue weighted by atomic mass is 9.70. The quantitative estimate of drug-likeness (QED) is 0.493. The summed E-state index contributed by atoms with van der Waals surface area (Å²) in [5.74, 6) is 1.21. The van der Waals surface area contributed by atoms with Crippen molar-refractivity contribution < 1.29 is 5.82 Å². The highest BCUT2D eigenvalue weighted by molar-refractivity contribution is 4.84. The number of hydrogen-bond donors (Lipinski definition) is 0. The summed E-state index contributed by atoms with van der Waals surface area (Å²) >= 11 is 0. The Morgan fingerprint density at radius 2 is 1.54 bits per heavy atom. The average Bonchev–Trinajstić information content (AvgIpc) is 2.22. The molecule has 0 bridgehead atoms. The van der Waals surface area contributed by atoms with Gasteiger partial charge in [-0.3, -0.25) is 0 Å². The summed E-state index contributed by atoms with van der Waals surface area (Å²) in [4.78, 5) is 0. The number of halogens is 1. The fraction of sp³-hybridized carbons (Fsp3) is 0.833. The lowest BCUT2D eigenvalue weighted by molar-refractivity contribution is 0.0717. The van der Waals surface area contributed by atoms with E-state index in [-0.39, 0.29) is 1.43 Å². The molecule has 0 spiro atoms. The molecule has 78 valence electrons. The Balaban J connectivity index is 0.000000531. The first-order valence-electron chi connectivity index (χ1n) is 5.52. The van der Waals surface area contributed by atoms with Crippen molar-refractivity contribution in [2.24, 2.45) is 11.8 Å². The van der Waals surface area contributed by atoms with Crippen LogP contribution in [-0.2, 0) is 0 Å². The van der Waals surface area contributed by atoms with Gasteiger partial charge in [-0.05, 0) is 31.1 Å². The topological polar surface area (TPSA) is 0 Å². The van der Waals surface area contributed by atoms with Gasteiger partial charge in [0, 0.05) is 1.43 Å². The van der Waals surface area contributed by atoms with Crippen LogP contribution in [0.2, 0.25) is 0 Å². The second-order valence-electron chi connectivity index (χ2n) is 4.16. The molecule has 0 aromatic heterocycles. The first-order valence-corrected chi connectivity index (χ1v) is 5.52. The van der Waals surface area contributed by atoms with Gasteiger partial charge in [-0.2, -0.15) is 0 Å². The van der Waals surface area contributed by atoms with Crippen molar-refractivity contribution >= 4 is 0 Å². The molecule has 13 heavy (non-hydrogen) atoms. The molecule has 2 fully saturated rings. The van der Waals surface area contributed by atoms with Crippen LogP contribution in [0, 0.1) is 11.8 Å². The highest BCUT2D eigenvalue weighted by Gasteiger charge is 2.34. The number of fused-ring (bicyclic) bond motifs is 1. The van der Waals surface area contributed by atoms with Crippen LogP contribution in [0.15, 0.2) is 13.2 Å². The van der Waals surface area contributed by atoms with E-state index in [9.17, 15) is 4.39 Å². The van der Waals surface area contributed by atoms with E-state index < -0.39 is 6.17 Å². The molecule has 2 unspecified atom stereocenters. The van der Waals surface area contributed by atoms with Crippen LogP contribution in [0.1, 0.15) is 46.4 Å². The van der Waals surface area contributed by atoms with Crippen LogP contribution < -0.4 is 0 Å². The summed E-state index contributed by atoms with van der Waals surface area (Å²) in [6.45, 7) is 6.00. The number of alkyl halides is 1. The normalized spacial score (nSPS) is 38.4. The summed E-state index contributed by atoms with van der Waals surface area (Å²) in [7, 11) is 0. The van der Waals surface area contributed by atoms with Crippen molar-refractivity contribution in [2.75, 3.05) is 0 Å². The summed E-state index contributed by atoms with van der Waals surface area (Å²) < 4.78 is 13.3. The van der Waals surface area contributed by atoms with Crippen LogP contribution in [0.5, 0.6) is 0 Å². The molecule has 2 rings (SSSR count). The van der Waals surface area contributed by atoms with E-state index in [1.54, 1.807) is 0 Å².